The normalized spacial score (nSPS) is 22.5. The number of hydrogen-bond donors (Lipinski definition) is 0. The van der Waals surface area contributed by atoms with Crippen molar-refractivity contribution in [1.82, 2.24) is 0 Å². The van der Waals surface area contributed by atoms with Crippen LogP contribution in [0.2, 0.25) is 0 Å². The van der Waals surface area contributed by atoms with E-state index >= 15 is 0 Å². The summed E-state index contributed by atoms with van der Waals surface area (Å²) in [6.07, 6.45) is 9.66. The molecular weight excluding hydrogens is 135 g/mol. The second-order valence-electron chi connectivity index (χ2n) is 2.97. The molecule has 0 aromatic carbocycles. The Balaban J connectivity index is 0.000000810. The van der Waals surface area contributed by atoms with Crippen LogP contribution in [0, 0.1) is 0 Å². The fraction of sp³-hybridized carbons (Fsp3) is 1.00. The number of hydrogen-bond acceptors (Lipinski definition) is 1. The maximum absolute atomic E-state index is 5.24. The van der Waals surface area contributed by atoms with Crippen molar-refractivity contribution in [3.05, 3.63) is 0 Å². The van der Waals surface area contributed by atoms with Gasteiger partial charge in [-0.1, -0.05) is 44.9 Å². The molecule has 0 aromatic heterocycles. The molecule has 54 valence electrons. The Morgan fingerprint density at radius 2 is 1.20 bits per heavy atom. The van der Waals surface area contributed by atoms with Crippen LogP contribution in [0.1, 0.15) is 44.9 Å². The van der Waals surface area contributed by atoms with Crippen LogP contribution in [-0.4, -0.2) is 5.25 Å². The first kappa shape index (κ1) is 10.9. The summed E-state index contributed by atoms with van der Waals surface area (Å²) >= 11 is 5.24. The minimum atomic E-state index is 0. The third kappa shape index (κ3) is 4.72. The standard InChI is InChI=1S/C8H16S.Li/c9-8-6-4-2-1-3-5-7-8;/h8-9H,1-7H2;/q;+1/p-1. The van der Waals surface area contributed by atoms with E-state index in [4.69, 9.17) is 12.6 Å². The zero-order valence-corrected chi connectivity index (χ0v) is 7.75. The molecule has 0 unspecified atom stereocenters. The van der Waals surface area contributed by atoms with Crippen molar-refractivity contribution < 1.29 is 18.9 Å². The Kier molecular flexibility index (Phi) is 7.27. The largest absolute Gasteiger partial charge is 1.00 e. The molecule has 0 bridgehead atoms. The second kappa shape index (κ2) is 6.64. The van der Waals surface area contributed by atoms with E-state index in [0.29, 0.717) is 5.25 Å². The van der Waals surface area contributed by atoms with Crippen LogP contribution in [0.25, 0.3) is 0 Å². The van der Waals surface area contributed by atoms with Crippen molar-refractivity contribution >= 4 is 12.6 Å². The Morgan fingerprint density at radius 1 is 0.800 bits per heavy atom. The van der Waals surface area contributed by atoms with Gasteiger partial charge in [-0.05, 0) is 0 Å². The van der Waals surface area contributed by atoms with Crippen molar-refractivity contribution in [3.8, 4) is 0 Å². The molecular formula is C8H15LiS. The van der Waals surface area contributed by atoms with Gasteiger partial charge in [0, 0.05) is 0 Å². The molecule has 1 fully saturated rings. The van der Waals surface area contributed by atoms with Gasteiger partial charge in [0.1, 0.15) is 0 Å². The van der Waals surface area contributed by atoms with Crippen LogP contribution in [0.3, 0.4) is 0 Å². The van der Waals surface area contributed by atoms with E-state index in [1.54, 1.807) is 0 Å². The van der Waals surface area contributed by atoms with Crippen molar-refractivity contribution in [1.29, 1.82) is 0 Å². The summed E-state index contributed by atoms with van der Waals surface area (Å²) in [4.78, 5) is 0. The molecule has 1 aliphatic rings. The fourth-order valence-corrected chi connectivity index (χ4v) is 1.75. The van der Waals surface area contributed by atoms with Crippen molar-refractivity contribution in [2.24, 2.45) is 0 Å². The molecule has 10 heavy (non-hydrogen) atoms. The molecule has 0 heterocycles. The van der Waals surface area contributed by atoms with Gasteiger partial charge in [-0.3, -0.25) is 0 Å². The molecule has 0 atom stereocenters. The molecule has 0 N–H and O–H groups in total. The third-order valence-corrected chi connectivity index (χ3v) is 2.52. The van der Waals surface area contributed by atoms with Crippen LogP contribution >= 0.6 is 0 Å². The summed E-state index contributed by atoms with van der Waals surface area (Å²) in [5, 5.41) is 0.602. The van der Waals surface area contributed by atoms with Crippen LogP contribution in [0.4, 0.5) is 0 Å². The smallest absolute Gasteiger partial charge is 0.789 e. The van der Waals surface area contributed by atoms with E-state index in [1.165, 1.54) is 44.9 Å². The molecule has 0 radical (unpaired) electrons. The van der Waals surface area contributed by atoms with Crippen molar-refractivity contribution in [3.63, 3.8) is 0 Å². The first-order valence-corrected chi connectivity index (χ1v) is 4.52. The average molecular weight is 150 g/mol. The predicted molar refractivity (Wildman–Crippen MR) is 43.5 cm³/mol. The molecule has 0 amide bonds. The van der Waals surface area contributed by atoms with Gasteiger partial charge in [0.15, 0.2) is 0 Å². The summed E-state index contributed by atoms with van der Waals surface area (Å²) < 4.78 is 0. The summed E-state index contributed by atoms with van der Waals surface area (Å²) in [6, 6.07) is 0. The van der Waals surface area contributed by atoms with E-state index in [-0.39, 0.29) is 18.9 Å². The van der Waals surface area contributed by atoms with Crippen LogP contribution in [0.5, 0.6) is 0 Å². The summed E-state index contributed by atoms with van der Waals surface area (Å²) in [5.74, 6) is 0. The van der Waals surface area contributed by atoms with Gasteiger partial charge in [-0.15, -0.1) is 0 Å². The first-order valence-electron chi connectivity index (χ1n) is 4.05. The Bertz CT molecular complexity index is 67.7. The van der Waals surface area contributed by atoms with Crippen LogP contribution in [-0.2, 0) is 12.6 Å². The molecule has 0 spiro atoms. The third-order valence-electron chi connectivity index (χ3n) is 2.05. The Morgan fingerprint density at radius 3 is 1.70 bits per heavy atom. The van der Waals surface area contributed by atoms with Gasteiger partial charge in [0.2, 0.25) is 0 Å². The topological polar surface area (TPSA) is 0 Å². The molecule has 0 saturated heterocycles. The molecule has 1 aliphatic carbocycles. The maximum atomic E-state index is 5.24. The second-order valence-corrected chi connectivity index (χ2v) is 3.63. The number of rotatable bonds is 0. The fourth-order valence-electron chi connectivity index (χ4n) is 1.42. The van der Waals surface area contributed by atoms with E-state index in [9.17, 15) is 0 Å². The van der Waals surface area contributed by atoms with Gasteiger partial charge in [0.25, 0.3) is 0 Å². The minimum absolute atomic E-state index is 0. The van der Waals surface area contributed by atoms with Crippen molar-refractivity contribution in [2.75, 3.05) is 0 Å². The first-order chi connectivity index (χ1) is 4.39. The summed E-state index contributed by atoms with van der Waals surface area (Å²) in [6.45, 7) is 0. The van der Waals surface area contributed by atoms with Crippen LogP contribution in [0.15, 0.2) is 0 Å². The summed E-state index contributed by atoms with van der Waals surface area (Å²) in [5.41, 5.74) is 0. The van der Waals surface area contributed by atoms with Gasteiger partial charge in [-0.25, -0.2) is 0 Å². The molecule has 0 aliphatic heterocycles. The van der Waals surface area contributed by atoms with E-state index in [0.717, 1.165) is 0 Å². The van der Waals surface area contributed by atoms with E-state index in [2.05, 4.69) is 0 Å². The summed E-state index contributed by atoms with van der Waals surface area (Å²) in [7, 11) is 0. The molecule has 1 rings (SSSR count). The van der Waals surface area contributed by atoms with Gasteiger partial charge in [0.05, 0.1) is 0 Å². The zero-order valence-electron chi connectivity index (χ0n) is 6.94. The van der Waals surface area contributed by atoms with Crippen LogP contribution < -0.4 is 18.9 Å². The van der Waals surface area contributed by atoms with Gasteiger partial charge >= 0.3 is 18.9 Å². The molecule has 1 saturated carbocycles. The quantitative estimate of drug-likeness (QED) is 0.336. The predicted octanol–water partition coefficient (Wildman–Crippen LogP) is -0.350. The van der Waals surface area contributed by atoms with Gasteiger partial charge < -0.3 is 12.6 Å². The average Bonchev–Trinajstić information content (AvgIpc) is 1.79. The SMILES string of the molecule is [Li+].[S-]C1CCCCCCC1. The maximum Gasteiger partial charge on any atom is 1.00 e. The van der Waals surface area contributed by atoms with E-state index < -0.39 is 0 Å². The molecule has 2 heteroatoms. The minimum Gasteiger partial charge on any atom is -0.789 e. The molecule has 0 aromatic rings. The van der Waals surface area contributed by atoms with Crippen molar-refractivity contribution in [2.45, 2.75) is 50.2 Å². The van der Waals surface area contributed by atoms with Gasteiger partial charge in [-0.2, -0.15) is 5.25 Å². The van der Waals surface area contributed by atoms with E-state index in [1.807, 2.05) is 0 Å². The Labute approximate surface area is 81.7 Å². The molecule has 0 nitrogen and oxygen atoms in total. The zero-order chi connectivity index (χ0) is 6.53. The monoisotopic (exact) mass is 150 g/mol. The Hall–Kier alpha value is 0.947.